The quantitative estimate of drug-likeness (QED) is 0.678. The molecule has 0 radical (unpaired) electrons. The van der Waals surface area contributed by atoms with Crippen LogP contribution >= 0.6 is 0 Å². The average molecular weight is 355 g/mol. The molecule has 1 aliphatic carbocycles. The number of benzene rings is 1. The van der Waals surface area contributed by atoms with Crippen molar-refractivity contribution < 1.29 is 23.1 Å². The van der Waals surface area contributed by atoms with Crippen LogP contribution in [0.15, 0.2) is 47.3 Å². The van der Waals surface area contributed by atoms with Crippen LogP contribution in [0, 0.1) is 23.6 Å². The number of furan rings is 1. The normalized spacial score (nSPS) is 22.1. The molecule has 2 N–H and O–H groups in total. The minimum absolute atomic E-state index is 0.217. The van der Waals surface area contributed by atoms with Gasteiger partial charge < -0.3 is 14.9 Å². The summed E-state index contributed by atoms with van der Waals surface area (Å²) in [7, 11) is 0. The van der Waals surface area contributed by atoms with Gasteiger partial charge in [-0.2, -0.15) is 0 Å². The summed E-state index contributed by atoms with van der Waals surface area (Å²) >= 11 is 0. The summed E-state index contributed by atoms with van der Waals surface area (Å²) in [6.07, 6.45) is 4.61. The van der Waals surface area contributed by atoms with Crippen molar-refractivity contribution >= 4 is 11.9 Å². The Balaban J connectivity index is 1.91. The second-order valence-corrected chi connectivity index (χ2v) is 6.35. The topological polar surface area (TPSA) is 82.5 Å². The van der Waals surface area contributed by atoms with E-state index in [0.717, 1.165) is 0 Å². The Bertz CT molecular complexity index is 865. The fraction of sp³-hybridized carbons (Fsp3) is 0.300. The van der Waals surface area contributed by atoms with Crippen LogP contribution in [0.25, 0.3) is 0 Å². The van der Waals surface area contributed by atoms with E-state index in [1.165, 1.54) is 30.7 Å². The van der Waals surface area contributed by atoms with Crippen molar-refractivity contribution in [2.24, 2.45) is 11.7 Å². The van der Waals surface area contributed by atoms with Gasteiger partial charge in [0.1, 0.15) is 12.1 Å². The number of primary amides is 1. The van der Waals surface area contributed by atoms with E-state index in [-0.39, 0.29) is 12.0 Å². The molecule has 6 heteroatoms. The lowest BCUT2D eigenvalue weighted by Crippen LogP contribution is -2.42. The minimum atomic E-state index is -1.15. The number of rotatable bonds is 3. The molecule has 0 saturated heterocycles. The molecule has 134 valence electrons. The first kappa shape index (κ1) is 17.7. The molecule has 0 unspecified atom stereocenters. The van der Waals surface area contributed by atoms with Crippen LogP contribution in [0.1, 0.15) is 41.6 Å². The van der Waals surface area contributed by atoms with Crippen molar-refractivity contribution in [1.82, 2.24) is 0 Å². The van der Waals surface area contributed by atoms with E-state index >= 15 is 0 Å². The maximum absolute atomic E-state index is 13.4. The molecule has 0 aliphatic heterocycles. The average Bonchev–Trinajstić information content (AvgIpc) is 3.15. The highest BCUT2D eigenvalue weighted by atomic mass is 19.1. The van der Waals surface area contributed by atoms with E-state index in [2.05, 4.69) is 11.8 Å². The number of ether oxygens (including phenoxy) is 1. The van der Waals surface area contributed by atoms with Gasteiger partial charge in [0.25, 0.3) is 0 Å². The summed E-state index contributed by atoms with van der Waals surface area (Å²) in [6.45, 7) is 0. The molecule has 1 fully saturated rings. The van der Waals surface area contributed by atoms with Crippen molar-refractivity contribution in [3.05, 3.63) is 59.8 Å². The third-order valence-electron chi connectivity index (χ3n) is 4.42. The number of hydrogen-bond donors (Lipinski definition) is 1. The Kier molecular flexibility index (Phi) is 5.08. The van der Waals surface area contributed by atoms with Gasteiger partial charge in [0.15, 0.2) is 5.60 Å². The molecule has 1 saturated carbocycles. The van der Waals surface area contributed by atoms with E-state index in [1.807, 2.05) is 0 Å². The number of carbonyl (C=O) groups excluding carboxylic acids is 2. The molecule has 1 aromatic heterocycles. The smallest absolute Gasteiger partial charge is 0.342 e. The third-order valence-corrected chi connectivity index (χ3v) is 4.42. The third kappa shape index (κ3) is 4.12. The SMILES string of the molecule is NC(=O)[C@@H]1CCC[C@@](C#Cc2cccc(F)c2)(OC(=O)c2ccoc2)C1. The first-order chi connectivity index (χ1) is 12.5. The summed E-state index contributed by atoms with van der Waals surface area (Å²) in [5.74, 6) is 3.96. The fourth-order valence-electron chi connectivity index (χ4n) is 3.08. The molecular formula is C20H18FNO4. The Hall–Kier alpha value is -3.07. The van der Waals surface area contributed by atoms with Crippen molar-refractivity contribution in [3.63, 3.8) is 0 Å². The first-order valence-corrected chi connectivity index (χ1v) is 8.31. The summed E-state index contributed by atoms with van der Waals surface area (Å²) in [4.78, 5) is 24.0. The molecule has 1 aliphatic rings. The maximum atomic E-state index is 13.4. The number of hydrogen-bond acceptors (Lipinski definition) is 4. The minimum Gasteiger partial charge on any atom is -0.472 e. The van der Waals surface area contributed by atoms with Crippen LogP contribution in [-0.2, 0) is 9.53 Å². The van der Waals surface area contributed by atoms with Crippen molar-refractivity contribution in [1.29, 1.82) is 0 Å². The number of esters is 1. The summed E-state index contributed by atoms with van der Waals surface area (Å²) < 4.78 is 24.0. The number of halogens is 1. The lowest BCUT2D eigenvalue weighted by molar-refractivity contribution is -0.125. The highest BCUT2D eigenvalue weighted by Gasteiger charge is 2.40. The number of amides is 1. The van der Waals surface area contributed by atoms with Gasteiger partial charge in [0.05, 0.1) is 11.8 Å². The Morgan fingerprint density at radius 1 is 1.35 bits per heavy atom. The highest BCUT2D eigenvalue weighted by molar-refractivity contribution is 5.89. The van der Waals surface area contributed by atoms with E-state index in [0.29, 0.717) is 24.8 Å². The zero-order valence-corrected chi connectivity index (χ0v) is 14.0. The molecule has 0 spiro atoms. The van der Waals surface area contributed by atoms with Gasteiger partial charge in [-0.3, -0.25) is 4.79 Å². The Labute approximate surface area is 150 Å². The molecule has 1 amide bonds. The van der Waals surface area contributed by atoms with Crippen molar-refractivity contribution in [3.8, 4) is 11.8 Å². The molecule has 1 heterocycles. The molecule has 3 rings (SSSR count). The summed E-state index contributed by atoms with van der Waals surface area (Å²) in [6, 6.07) is 7.33. The van der Waals surface area contributed by atoms with Crippen LogP contribution in [0.4, 0.5) is 4.39 Å². The predicted molar refractivity (Wildman–Crippen MR) is 91.3 cm³/mol. The van der Waals surface area contributed by atoms with Gasteiger partial charge in [-0.05, 0) is 49.4 Å². The van der Waals surface area contributed by atoms with Crippen LogP contribution in [-0.4, -0.2) is 17.5 Å². The first-order valence-electron chi connectivity index (χ1n) is 8.31. The van der Waals surface area contributed by atoms with Gasteiger partial charge in [-0.1, -0.05) is 12.0 Å². The van der Waals surface area contributed by atoms with Gasteiger partial charge in [0.2, 0.25) is 5.91 Å². The number of nitrogens with two attached hydrogens (primary N) is 1. The van der Waals surface area contributed by atoms with E-state index in [9.17, 15) is 14.0 Å². The molecule has 26 heavy (non-hydrogen) atoms. The van der Waals surface area contributed by atoms with E-state index in [4.69, 9.17) is 14.9 Å². The van der Waals surface area contributed by atoms with E-state index < -0.39 is 29.2 Å². The Morgan fingerprint density at radius 3 is 2.88 bits per heavy atom. The standard InChI is InChI=1S/C20H18FNO4/c21-17-5-1-3-14(11-17)6-9-20(8-2-4-15(12-20)18(22)23)26-19(24)16-7-10-25-13-16/h1,3,5,7,10-11,13,15H,2,4,8,12H2,(H2,22,23)/t15-,20+/m1/s1. The monoisotopic (exact) mass is 355 g/mol. The largest absolute Gasteiger partial charge is 0.472 e. The molecular weight excluding hydrogens is 337 g/mol. The van der Waals surface area contributed by atoms with Gasteiger partial charge >= 0.3 is 5.97 Å². The highest BCUT2D eigenvalue weighted by Crippen LogP contribution is 2.36. The van der Waals surface area contributed by atoms with Gasteiger partial charge in [0, 0.05) is 17.9 Å². The molecule has 2 aromatic rings. The molecule has 0 bridgehead atoms. The maximum Gasteiger partial charge on any atom is 0.342 e. The van der Waals surface area contributed by atoms with Crippen LogP contribution < -0.4 is 5.73 Å². The molecule has 5 nitrogen and oxygen atoms in total. The van der Waals surface area contributed by atoms with Crippen molar-refractivity contribution in [2.45, 2.75) is 31.3 Å². The van der Waals surface area contributed by atoms with E-state index in [1.54, 1.807) is 12.1 Å². The fourth-order valence-corrected chi connectivity index (χ4v) is 3.08. The van der Waals surface area contributed by atoms with Crippen LogP contribution in [0.2, 0.25) is 0 Å². The van der Waals surface area contributed by atoms with Crippen LogP contribution in [0.5, 0.6) is 0 Å². The number of carbonyl (C=O) groups is 2. The van der Waals surface area contributed by atoms with Crippen molar-refractivity contribution in [2.75, 3.05) is 0 Å². The molecule has 1 aromatic carbocycles. The zero-order valence-electron chi connectivity index (χ0n) is 14.0. The predicted octanol–water partition coefficient (Wildman–Crippen LogP) is 3.04. The lowest BCUT2D eigenvalue weighted by Gasteiger charge is -2.35. The van der Waals surface area contributed by atoms with Gasteiger partial charge in [-0.15, -0.1) is 0 Å². The lowest BCUT2D eigenvalue weighted by atomic mass is 9.77. The zero-order chi connectivity index (χ0) is 18.6. The van der Waals surface area contributed by atoms with Crippen LogP contribution in [0.3, 0.4) is 0 Å². The second-order valence-electron chi connectivity index (χ2n) is 6.35. The second kappa shape index (κ2) is 7.44. The molecule has 2 atom stereocenters. The summed E-state index contributed by atoms with van der Waals surface area (Å²) in [5, 5.41) is 0. The van der Waals surface area contributed by atoms with Gasteiger partial charge in [-0.25, -0.2) is 9.18 Å². The summed E-state index contributed by atoms with van der Waals surface area (Å²) in [5.41, 5.74) is 5.02. The Morgan fingerprint density at radius 2 is 2.19 bits per heavy atom.